The number of halogens is 1. The summed E-state index contributed by atoms with van der Waals surface area (Å²) in [5.41, 5.74) is 0.594. The molecule has 3 aromatic rings. The highest BCUT2D eigenvalue weighted by atomic mass is 35.5. The summed E-state index contributed by atoms with van der Waals surface area (Å²) < 4.78 is 17.7. The Morgan fingerprint density at radius 2 is 1.89 bits per heavy atom. The number of carbonyl (C=O) groups excluding carboxylic acids is 2. The molecule has 11 heteroatoms. The number of ether oxygens (including phenoxy) is 3. The molecular weight excluding hydrogens is 492 g/mol. The minimum absolute atomic E-state index is 0.0686. The van der Waals surface area contributed by atoms with Crippen molar-refractivity contribution in [1.82, 2.24) is 14.8 Å². The number of allylic oxidation sites excluding steroid dienone is 1. The number of nitrogens with one attached hydrogen (secondary N) is 1. The van der Waals surface area contributed by atoms with Crippen LogP contribution in [0.3, 0.4) is 0 Å². The van der Waals surface area contributed by atoms with Gasteiger partial charge in [0.05, 0.1) is 30.6 Å². The van der Waals surface area contributed by atoms with E-state index in [-0.39, 0.29) is 22.2 Å². The minimum atomic E-state index is -0.587. The number of aromatic nitrogens is 3. The summed E-state index contributed by atoms with van der Waals surface area (Å²) in [6, 6.07) is 11.8. The fraction of sp³-hybridized carbons (Fsp3) is 0.250. The molecule has 35 heavy (non-hydrogen) atoms. The second kappa shape index (κ2) is 12.3. The van der Waals surface area contributed by atoms with Gasteiger partial charge in [-0.1, -0.05) is 29.4 Å². The standard InChI is InChI=1S/C24H25ClN4O5S/c1-5-12-29-22(15(2)34-18-9-7-17(32-3)8-10-18)27-28-24(29)35-14-21(30)26-16-6-11-20(25)19(13-16)23(31)33-4/h5-11,13,15H,1,12,14H2,2-4H3,(H,26,30). The third-order valence-electron chi connectivity index (χ3n) is 4.78. The van der Waals surface area contributed by atoms with Crippen molar-refractivity contribution < 1.29 is 23.8 Å². The van der Waals surface area contributed by atoms with Crippen LogP contribution in [0.25, 0.3) is 0 Å². The molecule has 1 atom stereocenters. The highest BCUT2D eigenvalue weighted by Gasteiger charge is 2.20. The first-order valence-corrected chi connectivity index (χ1v) is 11.9. The summed E-state index contributed by atoms with van der Waals surface area (Å²) in [6.45, 7) is 6.12. The van der Waals surface area contributed by atoms with Crippen LogP contribution in [0, 0.1) is 0 Å². The Hall–Kier alpha value is -3.50. The van der Waals surface area contributed by atoms with E-state index < -0.39 is 12.1 Å². The molecule has 0 aliphatic heterocycles. The lowest BCUT2D eigenvalue weighted by Crippen LogP contribution is -2.16. The van der Waals surface area contributed by atoms with E-state index in [1.54, 1.807) is 19.3 Å². The topological polar surface area (TPSA) is 105 Å². The number of carbonyl (C=O) groups is 2. The first kappa shape index (κ1) is 26.1. The highest BCUT2D eigenvalue weighted by molar-refractivity contribution is 7.99. The predicted octanol–water partition coefficient (Wildman–Crippen LogP) is 4.78. The maximum atomic E-state index is 12.5. The molecule has 184 valence electrons. The zero-order valence-electron chi connectivity index (χ0n) is 19.5. The van der Waals surface area contributed by atoms with E-state index in [1.807, 2.05) is 35.8 Å². The molecule has 0 aliphatic rings. The molecule has 0 bridgehead atoms. The lowest BCUT2D eigenvalue weighted by atomic mass is 10.2. The van der Waals surface area contributed by atoms with Gasteiger partial charge in [-0.3, -0.25) is 9.36 Å². The zero-order valence-corrected chi connectivity index (χ0v) is 21.1. The summed E-state index contributed by atoms with van der Waals surface area (Å²) in [4.78, 5) is 24.3. The summed E-state index contributed by atoms with van der Waals surface area (Å²) >= 11 is 7.25. The second-order valence-corrected chi connectivity index (χ2v) is 8.55. The Kier molecular flexibility index (Phi) is 9.16. The van der Waals surface area contributed by atoms with Gasteiger partial charge in [-0.2, -0.15) is 0 Å². The SMILES string of the molecule is C=CCn1c(SCC(=O)Nc2ccc(Cl)c(C(=O)OC)c2)nnc1C(C)Oc1ccc(OC)cc1. The molecule has 0 spiro atoms. The summed E-state index contributed by atoms with van der Waals surface area (Å²) in [5, 5.41) is 12.0. The molecule has 1 aromatic heterocycles. The van der Waals surface area contributed by atoms with E-state index in [0.29, 0.717) is 29.0 Å². The Labute approximate surface area is 212 Å². The Bertz CT molecular complexity index is 1200. The number of esters is 1. The van der Waals surface area contributed by atoms with Crippen molar-refractivity contribution in [2.45, 2.75) is 24.7 Å². The Balaban J connectivity index is 1.66. The van der Waals surface area contributed by atoms with Gasteiger partial charge >= 0.3 is 5.97 Å². The average Bonchev–Trinajstić information content (AvgIpc) is 3.26. The number of methoxy groups -OCH3 is 2. The maximum Gasteiger partial charge on any atom is 0.339 e. The summed E-state index contributed by atoms with van der Waals surface area (Å²) in [7, 11) is 2.86. The molecule has 1 unspecified atom stereocenters. The van der Waals surface area contributed by atoms with E-state index in [1.165, 1.54) is 31.0 Å². The monoisotopic (exact) mass is 516 g/mol. The number of anilines is 1. The van der Waals surface area contributed by atoms with Crippen molar-refractivity contribution in [2.75, 3.05) is 25.3 Å². The van der Waals surface area contributed by atoms with Gasteiger partial charge in [-0.05, 0) is 49.4 Å². The number of hydrogen-bond donors (Lipinski definition) is 1. The normalized spacial score (nSPS) is 11.4. The van der Waals surface area contributed by atoms with Gasteiger partial charge in [-0.15, -0.1) is 16.8 Å². The van der Waals surface area contributed by atoms with Gasteiger partial charge in [0.2, 0.25) is 5.91 Å². The van der Waals surface area contributed by atoms with E-state index >= 15 is 0 Å². The third kappa shape index (κ3) is 6.77. The molecule has 0 aliphatic carbocycles. The van der Waals surface area contributed by atoms with E-state index in [0.717, 1.165) is 5.75 Å². The second-order valence-electron chi connectivity index (χ2n) is 7.20. The van der Waals surface area contributed by atoms with E-state index in [2.05, 4.69) is 22.1 Å². The summed E-state index contributed by atoms with van der Waals surface area (Å²) in [5.74, 6) is 1.19. The van der Waals surface area contributed by atoms with Crippen LogP contribution in [0.15, 0.2) is 60.3 Å². The maximum absolute atomic E-state index is 12.5. The van der Waals surface area contributed by atoms with Crippen molar-refractivity contribution in [1.29, 1.82) is 0 Å². The van der Waals surface area contributed by atoms with Gasteiger partial charge in [0.25, 0.3) is 0 Å². The van der Waals surface area contributed by atoms with Crippen LogP contribution in [-0.4, -0.2) is 46.6 Å². The number of benzene rings is 2. The van der Waals surface area contributed by atoms with Crippen LogP contribution in [0.2, 0.25) is 5.02 Å². The van der Waals surface area contributed by atoms with Crippen LogP contribution in [0.1, 0.15) is 29.2 Å². The van der Waals surface area contributed by atoms with Gasteiger partial charge in [0, 0.05) is 12.2 Å². The lowest BCUT2D eigenvalue weighted by molar-refractivity contribution is -0.113. The van der Waals surface area contributed by atoms with Crippen molar-refractivity contribution in [3.63, 3.8) is 0 Å². The number of nitrogens with zero attached hydrogens (tertiary/aromatic N) is 3. The first-order chi connectivity index (χ1) is 16.9. The van der Waals surface area contributed by atoms with Crippen LogP contribution < -0.4 is 14.8 Å². The minimum Gasteiger partial charge on any atom is -0.497 e. The number of rotatable bonds is 11. The molecule has 1 N–H and O–H groups in total. The van der Waals surface area contributed by atoms with Crippen molar-refractivity contribution in [3.05, 3.63) is 71.5 Å². The molecular formula is C24H25ClN4O5S. The van der Waals surface area contributed by atoms with Crippen molar-refractivity contribution >= 4 is 40.9 Å². The molecule has 0 fully saturated rings. The molecule has 0 saturated carbocycles. The fourth-order valence-electron chi connectivity index (χ4n) is 3.12. The van der Waals surface area contributed by atoms with Crippen LogP contribution in [0.4, 0.5) is 5.69 Å². The number of amides is 1. The predicted molar refractivity (Wildman–Crippen MR) is 134 cm³/mol. The smallest absolute Gasteiger partial charge is 0.339 e. The molecule has 0 saturated heterocycles. The van der Waals surface area contributed by atoms with Crippen LogP contribution >= 0.6 is 23.4 Å². The number of hydrogen-bond acceptors (Lipinski definition) is 8. The molecule has 1 amide bonds. The Morgan fingerprint density at radius 1 is 1.17 bits per heavy atom. The number of thioether (sulfide) groups is 1. The molecule has 0 radical (unpaired) electrons. The molecule has 1 heterocycles. The zero-order chi connectivity index (χ0) is 25.4. The van der Waals surface area contributed by atoms with Crippen molar-refractivity contribution in [3.8, 4) is 11.5 Å². The van der Waals surface area contributed by atoms with Crippen LogP contribution in [0.5, 0.6) is 11.5 Å². The molecule has 9 nitrogen and oxygen atoms in total. The summed E-state index contributed by atoms with van der Waals surface area (Å²) in [6.07, 6.45) is 1.32. The fourth-order valence-corrected chi connectivity index (χ4v) is 4.07. The van der Waals surface area contributed by atoms with E-state index in [9.17, 15) is 9.59 Å². The van der Waals surface area contributed by atoms with Crippen molar-refractivity contribution in [2.24, 2.45) is 0 Å². The van der Waals surface area contributed by atoms with Gasteiger partial charge in [0.15, 0.2) is 17.1 Å². The van der Waals surface area contributed by atoms with Crippen LogP contribution in [-0.2, 0) is 16.1 Å². The quantitative estimate of drug-likeness (QED) is 0.220. The van der Waals surface area contributed by atoms with Gasteiger partial charge in [-0.25, -0.2) is 4.79 Å². The highest BCUT2D eigenvalue weighted by Crippen LogP contribution is 2.26. The third-order valence-corrected chi connectivity index (χ3v) is 6.08. The average molecular weight is 517 g/mol. The Morgan fingerprint density at radius 3 is 2.54 bits per heavy atom. The van der Waals surface area contributed by atoms with Gasteiger partial charge in [0.1, 0.15) is 11.5 Å². The van der Waals surface area contributed by atoms with E-state index in [4.69, 9.17) is 25.8 Å². The first-order valence-electron chi connectivity index (χ1n) is 10.5. The largest absolute Gasteiger partial charge is 0.497 e. The molecule has 3 rings (SSSR count). The lowest BCUT2D eigenvalue weighted by Gasteiger charge is -2.16. The molecule has 2 aromatic carbocycles. The van der Waals surface area contributed by atoms with Gasteiger partial charge < -0.3 is 19.5 Å².